The van der Waals surface area contributed by atoms with Crippen molar-refractivity contribution in [2.45, 2.75) is 25.4 Å². The van der Waals surface area contributed by atoms with E-state index in [0.29, 0.717) is 13.2 Å². The molecule has 5 heteroatoms. The molecule has 2 N–H and O–H groups in total. The van der Waals surface area contributed by atoms with Crippen molar-refractivity contribution in [3.8, 4) is 0 Å². The first kappa shape index (κ1) is 10.9. The molecule has 1 aliphatic heterocycles. The number of hydrogen-bond acceptors (Lipinski definition) is 5. The van der Waals surface area contributed by atoms with Crippen LogP contribution in [0.2, 0.25) is 0 Å². The zero-order valence-electron chi connectivity index (χ0n) is 7.68. The molecular weight excluding hydrogens is 176 g/mol. The standard InChI is InChI=1S/C8H16O5/c1-6-12-5-8(13-6)4-11-3-7(10)2-9/h6-10H,2-5H2,1H3. The Morgan fingerprint density at radius 3 is 2.92 bits per heavy atom. The summed E-state index contributed by atoms with van der Waals surface area (Å²) in [6.45, 7) is 2.59. The third-order valence-electron chi connectivity index (χ3n) is 1.73. The van der Waals surface area contributed by atoms with E-state index in [2.05, 4.69) is 0 Å². The van der Waals surface area contributed by atoms with Crippen LogP contribution in [0.4, 0.5) is 0 Å². The highest BCUT2D eigenvalue weighted by Gasteiger charge is 2.22. The van der Waals surface area contributed by atoms with E-state index in [4.69, 9.17) is 24.4 Å². The molecule has 1 aliphatic rings. The second-order valence-corrected chi connectivity index (χ2v) is 3.03. The quantitative estimate of drug-likeness (QED) is 0.592. The van der Waals surface area contributed by atoms with Crippen LogP contribution in [-0.4, -0.2) is 55.1 Å². The van der Waals surface area contributed by atoms with Gasteiger partial charge in [-0.15, -0.1) is 0 Å². The van der Waals surface area contributed by atoms with Crippen molar-refractivity contribution < 1.29 is 24.4 Å². The lowest BCUT2D eigenvalue weighted by atomic mass is 10.4. The number of ether oxygens (including phenoxy) is 3. The molecule has 1 fully saturated rings. The van der Waals surface area contributed by atoms with Gasteiger partial charge in [0.25, 0.3) is 0 Å². The van der Waals surface area contributed by atoms with Gasteiger partial charge in [0.15, 0.2) is 6.29 Å². The van der Waals surface area contributed by atoms with Gasteiger partial charge in [-0.3, -0.25) is 0 Å². The molecule has 0 aromatic heterocycles. The summed E-state index contributed by atoms with van der Waals surface area (Å²) < 4.78 is 15.5. The van der Waals surface area contributed by atoms with E-state index in [1.54, 1.807) is 0 Å². The van der Waals surface area contributed by atoms with Gasteiger partial charge >= 0.3 is 0 Å². The predicted molar refractivity (Wildman–Crippen MR) is 44.2 cm³/mol. The lowest BCUT2D eigenvalue weighted by molar-refractivity contribution is -0.0679. The Morgan fingerprint density at radius 1 is 1.62 bits per heavy atom. The molecule has 3 atom stereocenters. The van der Waals surface area contributed by atoms with Crippen molar-refractivity contribution in [1.29, 1.82) is 0 Å². The molecule has 1 heterocycles. The summed E-state index contributed by atoms with van der Waals surface area (Å²) in [5, 5.41) is 17.4. The number of aliphatic hydroxyl groups excluding tert-OH is 2. The van der Waals surface area contributed by atoms with Crippen LogP contribution in [0, 0.1) is 0 Å². The normalized spacial score (nSPS) is 30.7. The molecule has 78 valence electrons. The van der Waals surface area contributed by atoms with Crippen molar-refractivity contribution in [3.05, 3.63) is 0 Å². The fourth-order valence-electron chi connectivity index (χ4n) is 1.07. The maximum atomic E-state index is 8.94. The van der Waals surface area contributed by atoms with Crippen molar-refractivity contribution >= 4 is 0 Å². The fraction of sp³-hybridized carbons (Fsp3) is 1.00. The first-order chi connectivity index (χ1) is 6.22. The average Bonchev–Trinajstić information content (AvgIpc) is 2.51. The van der Waals surface area contributed by atoms with Crippen LogP contribution >= 0.6 is 0 Å². The zero-order valence-corrected chi connectivity index (χ0v) is 7.68. The number of hydrogen-bond donors (Lipinski definition) is 2. The van der Waals surface area contributed by atoms with E-state index in [-0.39, 0.29) is 25.6 Å². The smallest absolute Gasteiger partial charge is 0.155 e. The molecule has 0 amide bonds. The van der Waals surface area contributed by atoms with E-state index in [9.17, 15) is 0 Å². The third-order valence-corrected chi connectivity index (χ3v) is 1.73. The molecule has 5 nitrogen and oxygen atoms in total. The van der Waals surface area contributed by atoms with E-state index in [1.165, 1.54) is 0 Å². The van der Waals surface area contributed by atoms with Crippen LogP contribution in [0.25, 0.3) is 0 Å². The van der Waals surface area contributed by atoms with Crippen LogP contribution in [0.15, 0.2) is 0 Å². The van der Waals surface area contributed by atoms with E-state index in [1.807, 2.05) is 6.92 Å². The summed E-state index contributed by atoms with van der Waals surface area (Å²) in [6.07, 6.45) is -1.03. The van der Waals surface area contributed by atoms with Crippen molar-refractivity contribution in [3.63, 3.8) is 0 Å². The van der Waals surface area contributed by atoms with E-state index >= 15 is 0 Å². The third kappa shape index (κ3) is 4.02. The van der Waals surface area contributed by atoms with E-state index in [0.717, 1.165) is 0 Å². The molecule has 13 heavy (non-hydrogen) atoms. The summed E-state index contributed by atoms with van der Waals surface area (Å²) in [6, 6.07) is 0. The summed E-state index contributed by atoms with van der Waals surface area (Å²) in [4.78, 5) is 0. The minimum Gasteiger partial charge on any atom is -0.394 e. The molecule has 0 aliphatic carbocycles. The minimum atomic E-state index is -0.806. The average molecular weight is 192 g/mol. The largest absolute Gasteiger partial charge is 0.394 e. The first-order valence-electron chi connectivity index (χ1n) is 4.36. The fourth-order valence-corrected chi connectivity index (χ4v) is 1.07. The molecule has 0 aromatic rings. The lowest BCUT2D eigenvalue weighted by Crippen LogP contribution is -2.25. The summed E-state index contributed by atoms with van der Waals surface area (Å²) >= 11 is 0. The van der Waals surface area contributed by atoms with Crippen LogP contribution in [0.1, 0.15) is 6.92 Å². The Balaban J connectivity index is 2.00. The zero-order chi connectivity index (χ0) is 9.68. The van der Waals surface area contributed by atoms with Gasteiger partial charge < -0.3 is 24.4 Å². The Bertz CT molecular complexity index is 140. The molecule has 1 saturated heterocycles. The van der Waals surface area contributed by atoms with Gasteiger partial charge in [-0.1, -0.05) is 0 Å². The second kappa shape index (κ2) is 5.51. The van der Waals surface area contributed by atoms with Crippen LogP contribution in [-0.2, 0) is 14.2 Å². The molecule has 0 aromatic carbocycles. The number of aliphatic hydroxyl groups is 2. The lowest BCUT2D eigenvalue weighted by Gasteiger charge is -2.11. The molecule has 3 unspecified atom stereocenters. The van der Waals surface area contributed by atoms with Gasteiger partial charge in [0.1, 0.15) is 12.2 Å². The highest BCUT2D eigenvalue weighted by atomic mass is 16.7. The van der Waals surface area contributed by atoms with E-state index < -0.39 is 6.10 Å². The molecule has 0 saturated carbocycles. The van der Waals surface area contributed by atoms with Gasteiger partial charge in [-0.25, -0.2) is 0 Å². The summed E-state index contributed by atoms with van der Waals surface area (Å²) in [7, 11) is 0. The maximum Gasteiger partial charge on any atom is 0.155 e. The van der Waals surface area contributed by atoms with Gasteiger partial charge in [-0.2, -0.15) is 0 Å². The second-order valence-electron chi connectivity index (χ2n) is 3.03. The SMILES string of the molecule is CC1OCC(COCC(O)CO)O1. The van der Waals surface area contributed by atoms with Crippen molar-refractivity contribution in [2.75, 3.05) is 26.4 Å². The maximum absolute atomic E-state index is 8.94. The van der Waals surface area contributed by atoms with Crippen molar-refractivity contribution in [2.24, 2.45) is 0 Å². The van der Waals surface area contributed by atoms with Gasteiger partial charge in [0, 0.05) is 0 Å². The minimum absolute atomic E-state index is 0.0547. The van der Waals surface area contributed by atoms with Crippen LogP contribution < -0.4 is 0 Å². The number of rotatable bonds is 5. The Hall–Kier alpha value is -0.200. The predicted octanol–water partition coefficient (Wildman–Crippen LogP) is -0.882. The van der Waals surface area contributed by atoms with Crippen molar-refractivity contribution in [1.82, 2.24) is 0 Å². The van der Waals surface area contributed by atoms with Gasteiger partial charge in [0.2, 0.25) is 0 Å². The Kier molecular flexibility index (Phi) is 4.61. The Labute approximate surface area is 77.2 Å². The summed E-state index contributed by atoms with van der Waals surface area (Å²) in [5.41, 5.74) is 0. The topological polar surface area (TPSA) is 68.2 Å². The van der Waals surface area contributed by atoms with Gasteiger partial charge in [-0.05, 0) is 6.92 Å². The summed E-state index contributed by atoms with van der Waals surface area (Å²) in [5.74, 6) is 0. The Morgan fingerprint density at radius 2 is 2.38 bits per heavy atom. The van der Waals surface area contributed by atoms with Crippen LogP contribution in [0.3, 0.4) is 0 Å². The monoisotopic (exact) mass is 192 g/mol. The highest BCUT2D eigenvalue weighted by molar-refractivity contribution is 4.62. The molecule has 0 spiro atoms. The molecule has 1 rings (SSSR count). The first-order valence-corrected chi connectivity index (χ1v) is 4.36. The molecule has 0 radical (unpaired) electrons. The van der Waals surface area contributed by atoms with Gasteiger partial charge in [0.05, 0.1) is 26.4 Å². The molecular formula is C8H16O5. The molecule has 0 bridgehead atoms. The highest BCUT2D eigenvalue weighted by Crippen LogP contribution is 2.10. The van der Waals surface area contributed by atoms with Crippen LogP contribution in [0.5, 0.6) is 0 Å².